The van der Waals surface area contributed by atoms with Crippen LogP contribution in [0, 0.1) is 0 Å². The van der Waals surface area contributed by atoms with E-state index >= 15 is 0 Å². The fraction of sp³-hybridized carbons (Fsp3) is 0.158. The normalized spacial score (nSPS) is 11.9. The van der Waals surface area contributed by atoms with E-state index in [0.29, 0.717) is 5.52 Å². The number of thioether (sulfide) groups is 1. The first-order valence-corrected chi connectivity index (χ1v) is 8.83. The summed E-state index contributed by atoms with van der Waals surface area (Å²) in [5, 5.41) is 10.5. The minimum absolute atomic E-state index is 0.0269. The molecule has 6 nitrogen and oxygen atoms in total. The third-order valence-corrected chi connectivity index (χ3v) is 4.73. The zero-order chi connectivity index (χ0) is 18.5. The van der Waals surface area contributed by atoms with Gasteiger partial charge in [-0.3, -0.25) is 0 Å². The number of aliphatic hydroxyl groups excluding tert-OH is 1. The predicted molar refractivity (Wildman–Crippen MR) is 101 cm³/mol. The summed E-state index contributed by atoms with van der Waals surface area (Å²) in [5.41, 5.74) is 1.51. The van der Waals surface area contributed by atoms with Gasteiger partial charge in [-0.2, -0.15) is 0 Å². The number of aliphatic hydroxyl groups is 1. The number of esters is 1. The Hall–Kier alpha value is -2.93. The molecule has 0 aliphatic carbocycles. The summed E-state index contributed by atoms with van der Waals surface area (Å²) >= 11 is 1.38. The van der Waals surface area contributed by atoms with Gasteiger partial charge in [-0.1, -0.05) is 18.2 Å². The first-order valence-electron chi connectivity index (χ1n) is 7.84. The van der Waals surface area contributed by atoms with Crippen molar-refractivity contribution >= 4 is 34.3 Å². The third-order valence-electron chi connectivity index (χ3n) is 3.72. The van der Waals surface area contributed by atoms with Crippen LogP contribution in [0.25, 0.3) is 16.6 Å². The second-order valence-electron chi connectivity index (χ2n) is 5.38. The number of methoxy groups -OCH3 is 2. The minimum Gasteiger partial charge on any atom is -0.510 e. The second kappa shape index (κ2) is 7.97. The molecular formula is C19H18N2O4S. The van der Waals surface area contributed by atoms with E-state index in [2.05, 4.69) is 9.97 Å². The molecule has 0 fully saturated rings. The second-order valence-corrected chi connectivity index (χ2v) is 6.43. The van der Waals surface area contributed by atoms with E-state index in [1.807, 2.05) is 48.5 Å². The number of benzene rings is 2. The number of rotatable bonds is 6. The van der Waals surface area contributed by atoms with E-state index in [-0.39, 0.29) is 22.9 Å². The van der Waals surface area contributed by atoms with Gasteiger partial charge in [0, 0.05) is 4.90 Å². The molecule has 0 amide bonds. The number of hydrogen-bond acceptors (Lipinski definition) is 6. The van der Waals surface area contributed by atoms with Crippen LogP contribution >= 0.6 is 11.8 Å². The quantitative estimate of drug-likeness (QED) is 0.297. The maximum absolute atomic E-state index is 12.2. The van der Waals surface area contributed by atoms with Crippen molar-refractivity contribution in [2.45, 2.75) is 4.90 Å². The Bertz CT molecular complexity index is 932. The van der Waals surface area contributed by atoms with Crippen LogP contribution in [0.5, 0.6) is 5.75 Å². The summed E-state index contributed by atoms with van der Waals surface area (Å²) in [5.74, 6) is 0.441. The molecule has 0 unspecified atom stereocenters. The molecule has 2 aromatic carbocycles. The summed E-state index contributed by atoms with van der Waals surface area (Å²) in [6, 6.07) is 14.9. The van der Waals surface area contributed by atoms with Gasteiger partial charge in [-0.25, -0.2) is 9.78 Å². The van der Waals surface area contributed by atoms with Crippen LogP contribution in [0.1, 0.15) is 5.82 Å². The Kier molecular flexibility index (Phi) is 5.48. The topological polar surface area (TPSA) is 84.4 Å². The maximum atomic E-state index is 12.2. The van der Waals surface area contributed by atoms with Crippen LogP contribution in [-0.2, 0) is 9.53 Å². The van der Waals surface area contributed by atoms with Crippen LogP contribution in [0.4, 0.5) is 0 Å². The van der Waals surface area contributed by atoms with E-state index < -0.39 is 5.97 Å². The SMILES string of the molecule is COC(=O)C(=C(O)CSc1cccc(OC)c1)c1nc2ccccc2[nH]1. The number of para-hydroxylation sites is 2. The highest BCUT2D eigenvalue weighted by molar-refractivity contribution is 7.99. The van der Waals surface area contributed by atoms with Gasteiger partial charge < -0.3 is 19.6 Å². The summed E-state index contributed by atoms with van der Waals surface area (Å²) in [7, 11) is 2.87. The van der Waals surface area contributed by atoms with Crippen molar-refractivity contribution in [1.29, 1.82) is 0 Å². The Balaban J connectivity index is 1.90. The van der Waals surface area contributed by atoms with Gasteiger partial charge in [0.1, 0.15) is 22.9 Å². The standard InChI is InChI=1S/C19H18N2O4S/c1-24-12-6-5-7-13(10-12)26-11-16(22)17(19(23)25-2)18-20-14-8-3-4-9-15(14)21-18/h3-10,22H,11H2,1-2H3,(H,20,21). The van der Waals surface area contributed by atoms with E-state index in [1.165, 1.54) is 18.9 Å². The van der Waals surface area contributed by atoms with Crippen LogP contribution < -0.4 is 4.74 Å². The third kappa shape index (κ3) is 3.83. The molecule has 1 heterocycles. The fourth-order valence-electron chi connectivity index (χ4n) is 2.44. The van der Waals surface area contributed by atoms with Crippen molar-refractivity contribution in [3.63, 3.8) is 0 Å². The van der Waals surface area contributed by atoms with Gasteiger partial charge >= 0.3 is 5.97 Å². The first-order chi connectivity index (χ1) is 12.6. The minimum atomic E-state index is -0.646. The van der Waals surface area contributed by atoms with Crippen molar-refractivity contribution < 1.29 is 19.4 Å². The monoisotopic (exact) mass is 370 g/mol. The molecule has 134 valence electrons. The smallest absolute Gasteiger partial charge is 0.345 e. The highest BCUT2D eigenvalue weighted by Gasteiger charge is 2.22. The van der Waals surface area contributed by atoms with Crippen LogP contribution in [0.2, 0.25) is 0 Å². The molecule has 0 saturated heterocycles. The Morgan fingerprint density at radius 2 is 2.00 bits per heavy atom. The number of hydrogen-bond donors (Lipinski definition) is 2. The molecule has 0 saturated carbocycles. The molecule has 0 aliphatic heterocycles. The number of aromatic nitrogens is 2. The van der Waals surface area contributed by atoms with Crippen LogP contribution in [0.15, 0.2) is 59.2 Å². The van der Waals surface area contributed by atoms with Crippen molar-refractivity contribution in [3.8, 4) is 5.75 Å². The Morgan fingerprint density at radius 1 is 1.19 bits per heavy atom. The predicted octanol–water partition coefficient (Wildman–Crippen LogP) is 3.81. The summed E-state index contributed by atoms with van der Waals surface area (Å²) < 4.78 is 10.0. The van der Waals surface area contributed by atoms with Gasteiger partial charge in [-0.15, -0.1) is 11.8 Å². The fourth-order valence-corrected chi connectivity index (χ4v) is 3.26. The number of H-pyrrole nitrogens is 1. The number of ether oxygens (including phenoxy) is 2. The first kappa shape index (κ1) is 17.9. The largest absolute Gasteiger partial charge is 0.510 e. The average Bonchev–Trinajstić information content (AvgIpc) is 3.09. The maximum Gasteiger partial charge on any atom is 0.345 e. The lowest BCUT2D eigenvalue weighted by Crippen LogP contribution is -2.09. The lowest BCUT2D eigenvalue weighted by Gasteiger charge is -2.08. The molecular weight excluding hydrogens is 352 g/mol. The highest BCUT2D eigenvalue weighted by Crippen LogP contribution is 2.27. The molecule has 26 heavy (non-hydrogen) atoms. The lowest BCUT2D eigenvalue weighted by molar-refractivity contribution is -0.133. The molecule has 0 radical (unpaired) electrons. The molecule has 2 N–H and O–H groups in total. The van der Waals surface area contributed by atoms with Gasteiger partial charge in [0.05, 0.1) is 31.0 Å². The zero-order valence-corrected chi connectivity index (χ0v) is 15.2. The number of imidazole rings is 1. The van der Waals surface area contributed by atoms with E-state index in [0.717, 1.165) is 16.2 Å². The van der Waals surface area contributed by atoms with E-state index in [4.69, 9.17) is 9.47 Å². The number of fused-ring (bicyclic) bond motifs is 1. The molecule has 0 atom stereocenters. The zero-order valence-electron chi connectivity index (χ0n) is 14.4. The Labute approximate surface area is 154 Å². The average molecular weight is 370 g/mol. The number of nitrogens with zero attached hydrogens (tertiary/aromatic N) is 1. The van der Waals surface area contributed by atoms with Gasteiger partial charge in [0.15, 0.2) is 0 Å². The Morgan fingerprint density at radius 3 is 2.73 bits per heavy atom. The number of carbonyl (C=O) groups excluding carboxylic acids is 1. The molecule has 0 bridgehead atoms. The van der Waals surface area contributed by atoms with Crippen molar-refractivity contribution in [3.05, 3.63) is 60.1 Å². The van der Waals surface area contributed by atoms with E-state index in [1.54, 1.807) is 7.11 Å². The molecule has 3 rings (SSSR count). The van der Waals surface area contributed by atoms with Gasteiger partial charge in [0.25, 0.3) is 0 Å². The van der Waals surface area contributed by atoms with Gasteiger partial charge in [-0.05, 0) is 30.3 Å². The van der Waals surface area contributed by atoms with Crippen LogP contribution in [0.3, 0.4) is 0 Å². The molecule has 7 heteroatoms. The van der Waals surface area contributed by atoms with E-state index in [9.17, 15) is 9.90 Å². The van der Waals surface area contributed by atoms with Crippen molar-refractivity contribution in [1.82, 2.24) is 9.97 Å². The molecule has 1 aromatic heterocycles. The number of nitrogens with one attached hydrogen (secondary N) is 1. The lowest BCUT2D eigenvalue weighted by atomic mass is 10.2. The van der Waals surface area contributed by atoms with Crippen molar-refractivity contribution in [2.75, 3.05) is 20.0 Å². The number of aromatic amines is 1. The van der Waals surface area contributed by atoms with Crippen molar-refractivity contribution in [2.24, 2.45) is 0 Å². The van der Waals surface area contributed by atoms with Gasteiger partial charge in [0.2, 0.25) is 0 Å². The summed E-state index contributed by atoms with van der Waals surface area (Å²) in [6.45, 7) is 0. The molecule has 0 aliphatic rings. The number of carbonyl (C=O) groups is 1. The van der Waals surface area contributed by atoms with Crippen LogP contribution in [-0.4, -0.2) is 41.0 Å². The highest BCUT2D eigenvalue weighted by atomic mass is 32.2. The molecule has 0 spiro atoms. The molecule has 3 aromatic rings. The summed E-state index contributed by atoms with van der Waals surface area (Å²) in [4.78, 5) is 20.6. The summed E-state index contributed by atoms with van der Waals surface area (Å²) in [6.07, 6.45) is 0.